The Balaban J connectivity index is 2.14. The van der Waals surface area contributed by atoms with Crippen LogP contribution in [0.25, 0.3) is 0 Å². The molecular weight excluding hydrogens is 658 g/mol. The lowest BCUT2D eigenvalue weighted by atomic mass is 9.75. The van der Waals surface area contributed by atoms with E-state index in [0.29, 0.717) is 19.3 Å². The van der Waals surface area contributed by atoms with Crippen LogP contribution in [0.2, 0.25) is 0 Å². The second kappa shape index (κ2) is 17.9. The van der Waals surface area contributed by atoms with Crippen molar-refractivity contribution in [2.24, 2.45) is 29.6 Å². The number of carbonyl (C=O) groups is 2. The minimum absolute atomic E-state index is 0.0103. The first-order valence-electron chi connectivity index (χ1n) is 19.3. The van der Waals surface area contributed by atoms with E-state index < -0.39 is 84.1 Å². The van der Waals surface area contributed by atoms with E-state index in [2.05, 4.69) is 18.7 Å². The monoisotopic (exact) mass is 730 g/mol. The van der Waals surface area contributed by atoms with E-state index in [1.165, 1.54) is 7.11 Å². The van der Waals surface area contributed by atoms with Gasteiger partial charge in [0.05, 0.1) is 41.5 Å². The normalized spacial score (nSPS) is 46.9. The molecule has 0 unspecified atom stereocenters. The molecule has 0 radical (unpaired) electrons. The summed E-state index contributed by atoms with van der Waals surface area (Å²) in [5.74, 6) is -2.97. The number of ketones is 1. The fourth-order valence-electron chi connectivity index (χ4n) is 8.69. The van der Waals surface area contributed by atoms with Crippen molar-refractivity contribution in [3.8, 4) is 0 Å². The van der Waals surface area contributed by atoms with Crippen molar-refractivity contribution >= 4 is 11.8 Å². The van der Waals surface area contributed by atoms with Gasteiger partial charge in [-0.1, -0.05) is 34.6 Å². The Kier molecular flexibility index (Phi) is 15.5. The van der Waals surface area contributed by atoms with Crippen molar-refractivity contribution in [3.05, 3.63) is 0 Å². The average molecular weight is 730 g/mol. The maximum atomic E-state index is 14.1. The molecule has 51 heavy (non-hydrogen) atoms. The maximum Gasteiger partial charge on any atom is 0.311 e. The Bertz CT molecular complexity index is 1140. The van der Waals surface area contributed by atoms with Crippen LogP contribution in [0.15, 0.2) is 0 Å². The summed E-state index contributed by atoms with van der Waals surface area (Å²) in [6.07, 6.45) is -5.37. The third kappa shape index (κ3) is 10.3. The molecule has 3 aliphatic rings. The van der Waals surface area contributed by atoms with Gasteiger partial charge in [0, 0.05) is 43.4 Å². The number of rotatable bonds is 8. The van der Waals surface area contributed by atoms with Crippen LogP contribution in [0, 0.1) is 29.6 Å². The topological polar surface area (TPSA) is 153 Å². The summed E-state index contributed by atoms with van der Waals surface area (Å²) >= 11 is 0. The number of Topliss-reactive ketones (excluding diaryl/α,β-unsaturated/α-hetero) is 1. The molecule has 0 aliphatic carbocycles. The number of aliphatic hydroxyl groups is 3. The zero-order chi connectivity index (χ0) is 38.7. The minimum atomic E-state index is -1.64. The van der Waals surface area contributed by atoms with E-state index in [4.69, 9.17) is 28.4 Å². The van der Waals surface area contributed by atoms with Crippen LogP contribution in [0.4, 0.5) is 0 Å². The molecule has 12 nitrogen and oxygen atoms in total. The highest BCUT2D eigenvalue weighted by molar-refractivity contribution is 5.83. The number of hydrogen-bond acceptors (Lipinski definition) is 12. The third-order valence-electron chi connectivity index (χ3n) is 12.2. The standard InChI is InChI=1S/C39H71NO11/c1-15-29-21(4)16-22(5)31(41)23(6)18-38(11,45)35(51-37-32(42)28(17-24(7)47-37)40(13)20(2)3)25(8)33(26(9)36(44)49-29)50-30-19-39(12,46-14)34(43)27(10)48-30/h20-30,32-35,37,42-43,45H,15-19H2,1-14H3/t21-,22-,23-,24-,25+,26-,27+,28+,29-,30+,32-,33+,34+,35-,37+,38-,39-/m1/s1. The number of nitrogens with zero attached hydrogens (tertiary/aromatic N) is 1. The molecule has 3 rings (SSSR count). The second-order valence-electron chi connectivity index (χ2n) is 17.0. The van der Waals surface area contributed by atoms with E-state index in [0.717, 1.165) is 0 Å². The van der Waals surface area contributed by atoms with Crippen molar-refractivity contribution in [2.45, 2.75) is 194 Å². The van der Waals surface area contributed by atoms with Gasteiger partial charge in [0.25, 0.3) is 0 Å². The Hall–Kier alpha value is -1.22. The van der Waals surface area contributed by atoms with Crippen molar-refractivity contribution in [1.82, 2.24) is 4.90 Å². The minimum Gasteiger partial charge on any atom is -0.462 e. The van der Waals surface area contributed by atoms with Crippen molar-refractivity contribution in [2.75, 3.05) is 14.2 Å². The molecule has 0 aromatic carbocycles. The first kappa shape index (κ1) is 44.2. The van der Waals surface area contributed by atoms with Crippen LogP contribution in [0.5, 0.6) is 0 Å². The number of esters is 1. The fraction of sp³-hybridized carbons (Fsp3) is 0.949. The number of cyclic esters (lactones) is 1. The van der Waals surface area contributed by atoms with Gasteiger partial charge >= 0.3 is 5.97 Å². The first-order chi connectivity index (χ1) is 23.6. The molecule has 0 aromatic rings. The summed E-state index contributed by atoms with van der Waals surface area (Å²) in [6.45, 7) is 22.5. The molecule has 3 N–H and O–H groups in total. The molecule has 3 saturated heterocycles. The summed E-state index contributed by atoms with van der Waals surface area (Å²) in [6, 6.07) is -0.127. The summed E-state index contributed by atoms with van der Waals surface area (Å²) in [5.41, 5.74) is -2.62. The summed E-state index contributed by atoms with van der Waals surface area (Å²) in [5, 5.41) is 35.1. The average Bonchev–Trinajstić information content (AvgIpc) is 3.06. The Labute approximate surface area is 307 Å². The van der Waals surface area contributed by atoms with Gasteiger partial charge < -0.3 is 43.7 Å². The second-order valence-corrected chi connectivity index (χ2v) is 17.0. The summed E-state index contributed by atoms with van der Waals surface area (Å²) in [4.78, 5) is 30.0. The third-order valence-corrected chi connectivity index (χ3v) is 12.2. The number of ether oxygens (including phenoxy) is 6. The van der Waals surface area contributed by atoms with Crippen molar-refractivity contribution in [3.63, 3.8) is 0 Å². The molecule has 0 amide bonds. The highest BCUT2D eigenvalue weighted by Crippen LogP contribution is 2.40. The van der Waals surface area contributed by atoms with Crippen LogP contribution in [-0.4, -0.2) is 125 Å². The molecule has 3 fully saturated rings. The van der Waals surface area contributed by atoms with Gasteiger partial charge in [0.1, 0.15) is 24.1 Å². The molecular formula is C39H71NO11. The largest absolute Gasteiger partial charge is 0.462 e. The Morgan fingerprint density at radius 2 is 1.57 bits per heavy atom. The number of aliphatic hydroxyl groups excluding tert-OH is 2. The number of methoxy groups -OCH3 is 1. The van der Waals surface area contributed by atoms with E-state index in [9.17, 15) is 24.9 Å². The lowest BCUT2D eigenvalue weighted by Gasteiger charge is -2.49. The maximum absolute atomic E-state index is 14.1. The predicted molar refractivity (Wildman–Crippen MR) is 193 cm³/mol. The molecule has 17 atom stereocenters. The van der Waals surface area contributed by atoms with Gasteiger partial charge in [-0.3, -0.25) is 14.5 Å². The molecule has 3 aliphatic heterocycles. The Morgan fingerprint density at radius 1 is 0.941 bits per heavy atom. The number of carbonyl (C=O) groups excluding carboxylic acids is 2. The smallest absolute Gasteiger partial charge is 0.311 e. The Morgan fingerprint density at radius 3 is 2.14 bits per heavy atom. The molecule has 0 spiro atoms. The van der Waals surface area contributed by atoms with Gasteiger partial charge in [0.2, 0.25) is 0 Å². The number of hydrogen-bond donors (Lipinski definition) is 3. The zero-order valence-electron chi connectivity index (χ0n) is 33.8. The van der Waals surface area contributed by atoms with Crippen LogP contribution in [0.3, 0.4) is 0 Å². The van der Waals surface area contributed by atoms with Gasteiger partial charge in [-0.2, -0.15) is 0 Å². The quantitative estimate of drug-likeness (QED) is 0.302. The van der Waals surface area contributed by atoms with Crippen LogP contribution in [0.1, 0.15) is 115 Å². The SMILES string of the molecule is CC[C@H]1OC(=O)[C@H](C)[C@@H](O[C@H]2C[C@@](C)(OC)[C@@H](O)[C@H](C)O2)[C@H](C)[C@@H](O[C@@H]2O[C@H](C)C[C@H](N(C)C(C)C)[C@H]2O)[C@](C)(O)C[C@@H](C)C(=O)[C@H](C)C[C@H]1C. The van der Waals surface area contributed by atoms with Crippen molar-refractivity contribution < 1.29 is 53.3 Å². The van der Waals surface area contributed by atoms with E-state index >= 15 is 0 Å². The molecule has 0 saturated carbocycles. The summed E-state index contributed by atoms with van der Waals surface area (Å²) < 4.78 is 37.8. The molecule has 12 heteroatoms. The van der Waals surface area contributed by atoms with Gasteiger partial charge in [-0.05, 0) is 87.1 Å². The highest BCUT2D eigenvalue weighted by Gasteiger charge is 2.52. The predicted octanol–water partition coefficient (Wildman–Crippen LogP) is 4.48. The fourth-order valence-corrected chi connectivity index (χ4v) is 8.69. The van der Waals surface area contributed by atoms with Crippen LogP contribution < -0.4 is 0 Å². The van der Waals surface area contributed by atoms with E-state index in [-0.39, 0.29) is 48.6 Å². The number of likely N-dealkylation sites (N-methyl/N-ethyl adjacent to an activating group) is 1. The van der Waals surface area contributed by atoms with Gasteiger partial charge in [0.15, 0.2) is 12.6 Å². The van der Waals surface area contributed by atoms with Gasteiger partial charge in [-0.25, -0.2) is 0 Å². The van der Waals surface area contributed by atoms with Crippen LogP contribution >= 0.6 is 0 Å². The van der Waals surface area contributed by atoms with Gasteiger partial charge in [-0.15, -0.1) is 0 Å². The molecule has 3 heterocycles. The molecule has 0 bridgehead atoms. The molecule has 298 valence electrons. The van der Waals surface area contributed by atoms with E-state index in [1.807, 2.05) is 48.6 Å². The van der Waals surface area contributed by atoms with Crippen molar-refractivity contribution in [1.29, 1.82) is 0 Å². The lowest BCUT2D eigenvalue weighted by Crippen LogP contribution is -2.61. The molecule has 0 aromatic heterocycles. The first-order valence-corrected chi connectivity index (χ1v) is 19.3. The van der Waals surface area contributed by atoms with E-state index in [1.54, 1.807) is 27.7 Å². The summed E-state index contributed by atoms with van der Waals surface area (Å²) in [7, 11) is 3.49. The lowest BCUT2D eigenvalue weighted by molar-refractivity contribution is -0.318. The van der Waals surface area contributed by atoms with Crippen LogP contribution in [-0.2, 0) is 38.0 Å². The highest BCUT2D eigenvalue weighted by atomic mass is 16.7. The zero-order valence-corrected chi connectivity index (χ0v) is 33.8.